The molecule has 6 heteroatoms. The van der Waals surface area contributed by atoms with Gasteiger partial charge in [-0.1, -0.05) is 12.1 Å². The Morgan fingerprint density at radius 2 is 1.92 bits per heavy atom. The van der Waals surface area contributed by atoms with E-state index in [2.05, 4.69) is 10.3 Å². The third kappa shape index (κ3) is 3.55. The van der Waals surface area contributed by atoms with E-state index in [1.54, 1.807) is 42.7 Å². The van der Waals surface area contributed by atoms with Gasteiger partial charge in [0.15, 0.2) is 0 Å². The van der Waals surface area contributed by atoms with Gasteiger partial charge >= 0.3 is 0 Å². The largest absolute Gasteiger partial charge is 0.320 e. The number of hydrogen-bond donors (Lipinski definition) is 1. The van der Waals surface area contributed by atoms with Crippen LogP contribution >= 0.6 is 0 Å². The minimum atomic E-state index is -0.499. The highest BCUT2D eigenvalue weighted by Gasteiger charge is 2.12. The lowest BCUT2D eigenvalue weighted by Crippen LogP contribution is -2.29. The predicted octanol–water partition coefficient (Wildman–Crippen LogP) is 2.68. The zero-order valence-corrected chi connectivity index (χ0v) is 12.6. The topological polar surface area (TPSA) is 64.0 Å². The monoisotopic (exact) mass is 323 g/mol. The first-order valence-electron chi connectivity index (χ1n) is 7.29. The first kappa shape index (κ1) is 15.6. The number of aromatic nitrogens is 2. The molecule has 2 heterocycles. The van der Waals surface area contributed by atoms with Crippen molar-refractivity contribution in [2.24, 2.45) is 0 Å². The highest BCUT2D eigenvalue weighted by Crippen LogP contribution is 2.07. The Bertz CT molecular complexity index is 906. The minimum Gasteiger partial charge on any atom is -0.320 e. The first-order chi connectivity index (χ1) is 11.6. The van der Waals surface area contributed by atoms with Gasteiger partial charge in [-0.15, -0.1) is 0 Å². The van der Waals surface area contributed by atoms with E-state index >= 15 is 0 Å². The molecule has 0 saturated carbocycles. The summed E-state index contributed by atoms with van der Waals surface area (Å²) in [6.45, 7) is 0.257. The third-order valence-corrected chi connectivity index (χ3v) is 3.45. The SMILES string of the molecule is O=C(Nc1cccnc1)c1cccn(Cc2ccc(F)cc2)c1=O. The maximum atomic E-state index is 13.0. The molecule has 0 atom stereocenters. The van der Waals surface area contributed by atoms with Crippen molar-refractivity contribution >= 4 is 11.6 Å². The van der Waals surface area contributed by atoms with E-state index < -0.39 is 11.5 Å². The van der Waals surface area contributed by atoms with Gasteiger partial charge in [0.1, 0.15) is 11.4 Å². The van der Waals surface area contributed by atoms with Crippen LogP contribution in [0, 0.1) is 5.82 Å². The maximum Gasteiger partial charge on any atom is 0.263 e. The van der Waals surface area contributed by atoms with Crippen LogP contribution in [0.25, 0.3) is 0 Å². The smallest absolute Gasteiger partial charge is 0.263 e. The van der Waals surface area contributed by atoms with Gasteiger partial charge in [-0.25, -0.2) is 4.39 Å². The second-order valence-corrected chi connectivity index (χ2v) is 5.18. The molecule has 1 aromatic carbocycles. The average molecular weight is 323 g/mol. The Hall–Kier alpha value is -3.28. The number of nitrogens with one attached hydrogen (secondary N) is 1. The summed E-state index contributed by atoms with van der Waals surface area (Å²) in [7, 11) is 0. The van der Waals surface area contributed by atoms with Crippen molar-refractivity contribution in [3.63, 3.8) is 0 Å². The molecule has 0 unspecified atom stereocenters. The zero-order chi connectivity index (χ0) is 16.9. The van der Waals surface area contributed by atoms with Crippen LogP contribution in [0.15, 0.2) is 71.9 Å². The lowest BCUT2D eigenvalue weighted by Gasteiger charge is -2.09. The van der Waals surface area contributed by atoms with E-state index in [1.807, 2.05) is 0 Å². The lowest BCUT2D eigenvalue weighted by molar-refractivity contribution is 0.102. The summed E-state index contributed by atoms with van der Waals surface area (Å²) in [6.07, 6.45) is 4.68. The van der Waals surface area contributed by atoms with Gasteiger partial charge < -0.3 is 9.88 Å². The van der Waals surface area contributed by atoms with Crippen LogP contribution < -0.4 is 10.9 Å². The van der Waals surface area contributed by atoms with Crippen molar-refractivity contribution in [2.45, 2.75) is 6.54 Å². The normalized spacial score (nSPS) is 10.4. The van der Waals surface area contributed by atoms with Crippen molar-refractivity contribution in [2.75, 3.05) is 5.32 Å². The van der Waals surface area contributed by atoms with Crippen molar-refractivity contribution in [1.29, 1.82) is 0 Å². The number of rotatable bonds is 4. The second-order valence-electron chi connectivity index (χ2n) is 5.18. The molecule has 0 fully saturated rings. The molecule has 5 nitrogen and oxygen atoms in total. The number of anilines is 1. The summed E-state index contributed by atoms with van der Waals surface area (Å²) in [6, 6.07) is 12.3. The number of pyridine rings is 2. The summed E-state index contributed by atoms with van der Waals surface area (Å²) < 4.78 is 14.4. The maximum absolute atomic E-state index is 13.0. The van der Waals surface area contributed by atoms with Gasteiger partial charge in [0, 0.05) is 12.4 Å². The molecule has 0 radical (unpaired) electrons. The summed E-state index contributed by atoms with van der Waals surface area (Å²) in [5.74, 6) is -0.836. The van der Waals surface area contributed by atoms with Crippen LogP contribution in [0.1, 0.15) is 15.9 Å². The number of halogens is 1. The van der Waals surface area contributed by atoms with Gasteiger partial charge in [0.25, 0.3) is 11.5 Å². The molecule has 120 valence electrons. The van der Waals surface area contributed by atoms with E-state index in [0.717, 1.165) is 5.56 Å². The van der Waals surface area contributed by atoms with E-state index in [-0.39, 0.29) is 17.9 Å². The van der Waals surface area contributed by atoms with Gasteiger partial charge in [0.05, 0.1) is 18.4 Å². The Balaban J connectivity index is 1.84. The molecular formula is C18H14FN3O2. The van der Waals surface area contributed by atoms with E-state index in [9.17, 15) is 14.0 Å². The molecule has 3 rings (SSSR count). The molecular weight excluding hydrogens is 309 g/mol. The van der Waals surface area contributed by atoms with Crippen molar-refractivity contribution in [3.8, 4) is 0 Å². The summed E-state index contributed by atoms with van der Waals surface area (Å²) in [5, 5.41) is 2.63. The van der Waals surface area contributed by atoms with Crippen LogP contribution in [-0.4, -0.2) is 15.5 Å². The number of benzene rings is 1. The fraction of sp³-hybridized carbons (Fsp3) is 0.0556. The molecule has 0 aliphatic carbocycles. The average Bonchev–Trinajstić information content (AvgIpc) is 2.59. The van der Waals surface area contributed by atoms with Crippen LogP contribution in [0.5, 0.6) is 0 Å². The Morgan fingerprint density at radius 3 is 2.62 bits per heavy atom. The van der Waals surface area contributed by atoms with Crippen LogP contribution in [-0.2, 0) is 6.54 Å². The predicted molar refractivity (Wildman–Crippen MR) is 88.4 cm³/mol. The fourth-order valence-electron chi connectivity index (χ4n) is 2.26. The summed E-state index contributed by atoms with van der Waals surface area (Å²) >= 11 is 0. The van der Waals surface area contributed by atoms with Gasteiger partial charge in [0.2, 0.25) is 0 Å². The zero-order valence-electron chi connectivity index (χ0n) is 12.6. The van der Waals surface area contributed by atoms with E-state index in [1.165, 1.54) is 29.0 Å². The molecule has 1 amide bonds. The standard InChI is InChI=1S/C18H14FN3O2/c19-14-7-5-13(6-8-14)12-22-10-2-4-16(18(22)24)17(23)21-15-3-1-9-20-11-15/h1-11H,12H2,(H,21,23). The van der Waals surface area contributed by atoms with Crippen molar-refractivity contribution in [1.82, 2.24) is 9.55 Å². The molecule has 2 aromatic heterocycles. The van der Waals surface area contributed by atoms with Crippen molar-refractivity contribution in [3.05, 3.63) is 94.4 Å². The lowest BCUT2D eigenvalue weighted by atomic mass is 10.2. The quantitative estimate of drug-likeness (QED) is 0.803. The molecule has 0 aliphatic rings. The Labute approximate surface area is 137 Å². The number of carbonyl (C=O) groups is 1. The highest BCUT2D eigenvalue weighted by molar-refractivity contribution is 6.03. The highest BCUT2D eigenvalue weighted by atomic mass is 19.1. The molecule has 0 bridgehead atoms. The van der Waals surface area contributed by atoms with Gasteiger partial charge in [-0.3, -0.25) is 14.6 Å². The minimum absolute atomic E-state index is 0.0310. The second kappa shape index (κ2) is 6.87. The van der Waals surface area contributed by atoms with Crippen LogP contribution in [0.2, 0.25) is 0 Å². The number of nitrogens with zero attached hydrogens (tertiary/aromatic N) is 2. The van der Waals surface area contributed by atoms with E-state index in [0.29, 0.717) is 5.69 Å². The molecule has 3 aromatic rings. The Morgan fingerprint density at radius 1 is 1.12 bits per heavy atom. The van der Waals surface area contributed by atoms with Crippen molar-refractivity contribution < 1.29 is 9.18 Å². The third-order valence-electron chi connectivity index (χ3n) is 3.45. The summed E-state index contributed by atoms with van der Waals surface area (Å²) in [5.41, 5.74) is 0.894. The summed E-state index contributed by atoms with van der Waals surface area (Å²) in [4.78, 5) is 28.7. The Kier molecular flexibility index (Phi) is 4.47. The molecule has 24 heavy (non-hydrogen) atoms. The number of hydrogen-bond acceptors (Lipinski definition) is 3. The molecule has 0 aliphatic heterocycles. The van der Waals surface area contributed by atoms with Crippen LogP contribution in [0.3, 0.4) is 0 Å². The number of carbonyl (C=O) groups excluding carboxylic acids is 1. The first-order valence-corrected chi connectivity index (χ1v) is 7.29. The molecule has 0 spiro atoms. The molecule has 1 N–H and O–H groups in total. The number of amides is 1. The fourth-order valence-corrected chi connectivity index (χ4v) is 2.26. The van der Waals surface area contributed by atoms with Gasteiger partial charge in [-0.2, -0.15) is 0 Å². The van der Waals surface area contributed by atoms with E-state index in [4.69, 9.17) is 0 Å². The van der Waals surface area contributed by atoms with Gasteiger partial charge in [-0.05, 0) is 42.0 Å². The van der Waals surface area contributed by atoms with Crippen LogP contribution in [0.4, 0.5) is 10.1 Å². The molecule has 0 saturated heterocycles.